The van der Waals surface area contributed by atoms with Crippen molar-refractivity contribution in [3.8, 4) is 11.1 Å². The molecule has 0 radical (unpaired) electrons. The average molecular weight is 585 g/mol. The first kappa shape index (κ1) is 30.6. The molecular formula is C27H40Cl2NOSiZr. The molecule has 0 heterocycles. The predicted octanol–water partition coefficient (Wildman–Crippen LogP) is 1.32. The summed E-state index contributed by atoms with van der Waals surface area (Å²) in [4.78, 5) is 12.9. The summed E-state index contributed by atoms with van der Waals surface area (Å²) in [6.45, 7) is 7.18. The van der Waals surface area contributed by atoms with E-state index < -0.39 is 27.1 Å². The maximum Gasteiger partial charge on any atom is -1.00 e. The van der Waals surface area contributed by atoms with Gasteiger partial charge in [0.25, 0.3) is 0 Å². The van der Waals surface area contributed by atoms with E-state index in [0.717, 1.165) is 12.8 Å². The Morgan fingerprint density at radius 3 is 1.73 bits per heavy atom. The maximum absolute atomic E-state index is 12.9. The molecule has 181 valence electrons. The minimum atomic E-state index is -2.14. The van der Waals surface area contributed by atoms with Crippen LogP contribution in [0.5, 0.6) is 0 Å². The number of halogens is 2. The van der Waals surface area contributed by atoms with Crippen molar-refractivity contribution in [1.82, 2.24) is 3.26 Å². The van der Waals surface area contributed by atoms with Gasteiger partial charge in [0.1, 0.15) is 0 Å². The second-order valence-corrected chi connectivity index (χ2v) is 28.1. The topological polar surface area (TPSA) is 29.1 Å². The van der Waals surface area contributed by atoms with Crippen molar-refractivity contribution in [3.05, 3.63) is 59.7 Å². The minimum Gasteiger partial charge on any atom is -1.00 e. The Hall–Kier alpha value is -0.410. The van der Waals surface area contributed by atoms with Gasteiger partial charge in [-0.1, -0.05) is 6.92 Å². The molecule has 1 amide bonds. The van der Waals surface area contributed by atoms with Crippen molar-refractivity contribution >= 4 is 11.8 Å². The summed E-state index contributed by atoms with van der Waals surface area (Å²) in [6, 6.07) is 17.8. The van der Waals surface area contributed by atoms with Crippen molar-refractivity contribution < 1.29 is 50.8 Å². The van der Waals surface area contributed by atoms with Gasteiger partial charge in [0.05, 0.1) is 0 Å². The fourth-order valence-electron chi connectivity index (χ4n) is 4.86. The molecule has 0 aromatic heterocycles. The first-order valence-electron chi connectivity index (χ1n) is 12.5. The Balaban J connectivity index is 0.00000272. The first-order valence-corrected chi connectivity index (χ1v) is 22.3. The number of amides is 1. The van der Waals surface area contributed by atoms with Crippen LogP contribution in [0.2, 0.25) is 13.1 Å². The van der Waals surface area contributed by atoms with Crippen LogP contribution < -0.4 is 28.1 Å². The molecule has 1 N–H and O–H groups in total. The second kappa shape index (κ2) is 16.3. The fraction of sp³-hybridized carbons (Fsp3) is 0.519. The van der Waals surface area contributed by atoms with E-state index in [1.807, 2.05) is 0 Å². The van der Waals surface area contributed by atoms with Gasteiger partial charge in [0, 0.05) is 0 Å². The molecular weight excluding hydrogens is 545 g/mol. The van der Waals surface area contributed by atoms with E-state index >= 15 is 0 Å². The van der Waals surface area contributed by atoms with E-state index in [9.17, 15) is 4.79 Å². The third-order valence-electron chi connectivity index (χ3n) is 6.56. The molecule has 0 saturated carbocycles. The Labute approximate surface area is 223 Å². The number of unbranched alkanes of at least 4 members (excludes halogenated alkanes) is 8. The number of benzene rings is 2. The van der Waals surface area contributed by atoms with E-state index in [-0.39, 0.29) is 24.8 Å². The van der Waals surface area contributed by atoms with Gasteiger partial charge in [-0.25, -0.2) is 0 Å². The molecule has 33 heavy (non-hydrogen) atoms. The molecule has 2 aromatic rings. The molecule has 0 aliphatic heterocycles. The zero-order valence-corrected chi connectivity index (χ0v) is 25.6. The number of carbonyl (C=O) groups excluding carboxylic acids is 1. The van der Waals surface area contributed by atoms with Crippen molar-refractivity contribution in [2.24, 2.45) is 0 Å². The van der Waals surface area contributed by atoms with Crippen LogP contribution in [0, 0.1) is 0 Å². The number of rotatable bonds is 13. The fourth-order valence-corrected chi connectivity index (χ4v) is 20.3. The van der Waals surface area contributed by atoms with Gasteiger partial charge < -0.3 is 24.8 Å². The Kier molecular flexibility index (Phi) is 15.1. The second-order valence-electron chi connectivity index (χ2n) is 9.34. The number of nitrogens with one attached hydrogen (secondary N) is 1. The zero-order valence-electron chi connectivity index (χ0n) is 20.5. The van der Waals surface area contributed by atoms with Crippen LogP contribution in [0.15, 0.2) is 48.5 Å². The van der Waals surface area contributed by atoms with E-state index in [1.54, 1.807) is 0 Å². The summed E-state index contributed by atoms with van der Waals surface area (Å²) in [6.07, 6.45) is 12.4. The summed E-state index contributed by atoms with van der Waals surface area (Å²) >= 11 is -2.14. The maximum atomic E-state index is 12.9. The van der Waals surface area contributed by atoms with Gasteiger partial charge >= 0.3 is 193 Å². The molecule has 2 nitrogen and oxygen atoms in total. The summed E-state index contributed by atoms with van der Waals surface area (Å²) in [5, 5.41) is 0. The van der Waals surface area contributed by atoms with E-state index in [1.165, 1.54) is 73.6 Å². The van der Waals surface area contributed by atoms with Gasteiger partial charge in [0.2, 0.25) is 0 Å². The van der Waals surface area contributed by atoms with Gasteiger partial charge in [-0.2, -0.15) is 0 Å². The largest absolute Gasteiger partial charge is 1.00 e. The molecule has 1 aliphatic carbocycles. The third-order valence-corrected chi connectivity index (χ3v) is 24.3. The standard InChI is InChI=1S/C13H9.C12H25NO.C2H7Si.2ClH.Zr/c1-3-7-12-10(5-1)9-11-6-2-4-8-13(11)12;1-2-3-4-5-6-7-8-9-10-11-12(13)14;1-3-2;;;/h1-9H;2-11H2,1H3,(H2,13,14);3H,1-2H3;2*1H;/q;;;;;+3/p-3. The number of hydrogen-bond donors (Lipinski definition) is 1. The van der Waals surface area contributed by atoms with Crippen molar-refractivity contribution in [2.75, 3.05) is 0 Å². The smallest absolute Gasteiger partial charge is 1.00 e. The van der Waals surface area contributed by atoms with E-state index in [4.69, 9.17) is 0 Å². The van der Waals surface area contributed by atoms with Crippen LogP contribution >= 0.6 is 0 Å². The summed E-state index contributed by atoms with van der Waals surface area (Å²) < 4.78 is 4.18. The monoisotopic (exact) mass is 582 g/mol. The minimum absolute atomic E-state index is 0. The van der Waals surface area contributed by atoms with Crippen LogP contribution in [0.1, 0.15) is 85.9 Å². The number of carbonyl (C=O) groups is 1. The molecule has 6 heteroatoms. The summed E-state index contributed by atoms with van der Waals surface area (Å²) in [5.41, 5.74) is 5.73. The molecule has 0 fully saturated rings. The van der Waals surface area contributed by atoms with Crippen LogP contribution in [-0.4, -0.2) is 11.8 Å². The van der Waals surface area contributed by atoms with Crippen LogP contribution in [0.25, 0.3) is 11.1 Å². The van der Waals surface area contributed by atoms with Crippen molar-refractivity contribution in [2.45, 2.75) is 87.9 Å². The molecule has 0 saturated heterocycles. The van der Waals surface area contributed by atoms with Crippen LogP contribution in [0.4, 0.5) is 0 Å². The molecule has 3 rings (SSSR count). The van der Waals surface area contributed by atoms with E-state index in [2.05, 4.69) is 71.8 Å². The predicted molar refractivity (Wildman–Crippen MR) is 133 cm³/mol. The molecule has 1 aliphatic rings. The Bertz CT molecular complexity index is 803. The SMILES string of the molecule is CCCCCCCCCCCC(=O)[NH][Zr+2]([CH]1c2ccccc2-c2ccccc21)[SiH](C)C.[Cl-].[Cl-]. The van der Waals surface area contributed by atoms with Gasteiger partial charge in [-0.15, -0.1) is 0 Å². The quantitative estimate of drug-likeness (QED) is 0.279. The first-order chi connectivity index (χ1) is 15.1. The van der Waals surface area contributed by atoms with Gasteiger partial charge in [-0.05, 0) is 0 Å². The Morgan fingerprint density at radius 2 is 1.24 bits per heavy atom. The van der Waals surface area contributed by atoms with Gasteiger partial charge in [-0.3, -0.25) is 0 Å². The number of hydrogen-bond acceptors (Lipinski definition) is 1. The van der Waals surface area contributed by atoms with Gasteiger partial charge in [0.15, 0.2) is 0 Å². The zero-order chi connectivity index (χ0) is 22.1. The van der Waals surface area contributed by atoms with Crippen LogP contribution in [-0.2, 0) is 26.0 Å². The molecule has 0 atom stereocenters. The molecule has 0 unspecified atom stereocenters. The van der Waals surface area contributed by atoms with E-state index in [0.29, 0.717) is 9.53 Å². The molecule has 0 bridgehead atoms. The molecule has 0 spiro atoms. The Morgan fingerprint density at radius 1 is 0.788 bits per heavy atom. The van der Waals surface area contributed by atoms with Crippen molar-refractivity contribution in [3.63, 3.8) is 0 Å². The van der Waals surface area contributed by atoms with Crippen LogP contribution in [0.3, 0.4) is 0 Å². The third kappa shape index (κ3) is 8.64. The normalized spacial score (nSPS) is 11.9. The summed E-state index contributed by atoms with van der Waals surface area (Å²) in [7, 11) is 0. The van der Waals surface area contributed by atoms with Crippen molar-refractivity contribution in [1.29, 1.82) is 0 Å². The molecule has 2 aromatic carbocycles. The number of fused-ring (bicyclic) bond motifs is 3. The average Bonchev–Trinajstić information content (AvgIpc) is 3.10. The summed E-state index contributed by atoms with van der Waals surface area (Å²) in [5.74, 6) is -0.581.